The molecule has 0 saturated carbocycles. The third kappa shape index (κ3) is 4.65. The fourth-order valence-electron chi connectivity index (χ4n) is 2.37. The summed E-state index contributed by atoms with van der Waals surface area (Å²) in [6, 6.07) is 6.08. The summed E-state index contributed by atoms with van der Waals surface area (Å²) < 4.78 is 5.33. The van der Waals surface area contributed by atoms with Crippen LogP contribution < -0.4 is 10.6 Å². The summed E-state index contributed by atoms with van der Waals surface area (Å²) >= 11 is 7.71. The number of benzene rings is 1. The number of thioether (sulfide) groups is 1. The van der Waals surface area contributed by atoms with Gasteiger partial charge in [0.15, 0.2) is 0 Å². The largest absolute Gasteiger partial charge is 0.464 e. The van der Waals surface area contributed by atoms with Gasteiger partial charge in [-0.05, 0) is 23.4 Å². The van der Waals surface area contributed by atoms with Crippen molar-refractivity contribution in [2.75, 3.05) is 18.1 Å². The van der Waals surface area contributed by atoms with E-state index >= 15 is 0 Å². The number of nitrogens with one attached hydrogen (secondary N) is 2. The van der Waals surface area contributed by atoms with Crippen LogP contribution in [0.2, 0.25) is 5.02 Å². The van der Waals surface area contributed by atoms with E-state index < -0.39 is 24.0 Å². The minimum absolute atomic E-state index is 0.326. The molecule has 2 rings (SSSR count). The van der Waals surface area contributed by atoms with Crippen LogP contribution in [0.3, 0.4) is 0 Å². The second kappa shape index (κ2) is 8.26. The van der Waals surface area contributed by atoms with Gasteiger partial charge in [-0.3, -0.25) is 4.79 Å². The molecular weight excluding hydrogens is 336 g/mol. The van der Waals surface area contributed by atoms with Crippen molar-refractivity contribution in [3.05, 3.63) is 47.1 Å². The highest BCUT2D eigenvalue weighted by Gasteiger charge is 2.38. The van der Waals surface area contributed by atoms with Crippen LogP contribution in [0.1, 0.15) is 18.5 Å². The molecule has 1 aliphatic heterocycles. The topological polar surface area (TPSA) is 67.4 Å². The van der Waals surface area contributed by atoms with Crippen molar-refractivity contribution in [1.82, 2.24) is 10.6 Å². The second-order valence-electron chi connectivity index (χ2n) is 5.00. The maximum Gasteiger partial charge on any atom is 0.319 e. The Hall–Kier alpha value is -1.66. The lowest BCUT2D eigenvalue weighted by Crippen LogP contribution is -2.51. The molecule has 1 aliphatic rings. The number of carbonyl (C=O) groups excluding carboxylic acids is 2. The van der Waals surface area contributed by atoms with Gasteiger partial charge in [-0.1, -0.05) is 37.2 Å². The summed E-state index contributed by atoms with van der Waals surface area (Å²) in [5, 5.41) is 5.82. The molecule has 1 saturated heterocycles. The zero-order valence-electron chi connectivity index (χ0n) is 12.8. The van der Waals surface area contributed by atoms with E-state index in [2.05, 4.69) is 17.2 Å². The predicted molar refractivity (Wildman–Crippen MR) is 92.4 cm³/mol. The first-order valence-corrected chi connectivity index (χ1v) is 8.82. The first-order valence-electron chi connectivity index (χ1n) is 7.29. The maximum atomic E-state index is 12.4. The van der Waals surface area contributed by atoms with E-state index in [9.17, 15) is 9.59 Å². The molecule has 0 radical (unpaired) electrons. The van der Waals surface area contributed by atoms with Crippen molar-refractivity contribution in [3.63, 3.8) is 0 Å². The van der Waals surface area contributed by atoms with Gasteiger partial charge < -0.3 is 15.4 Å². The minimum atomic E-state index is -0.696. The fourth-order valence-corrected chi connectivity index (χ4v) is 3.06. The van der Waals surface area contributed by atoms with Crippen LogP contribution in [0.5, 0.6) is 0 Å². The normalized spacial score (nSPS) is 20.6. The predicted octanol–water partition coefficient (Wildman–Crippen LogP) is 3.12. The lowest BCUT2D eigenvalue weighted by Gasteiger charge is -2.33. The number of carbonyl (C=O) groups is 2. The number of urea groups is 1. The highest BCUT2D eigenvalue weighted by Crippen LogP contribution is 2.31. The van der Waals surface area contributed by atoms with Crippen molar-refractivity contribution in [1.29, 1.82) is 0 Å². The Morgan fingerprint density at radius 3 is 2.96 bits per heavy atom. The number of esters is 1. The monoisotopic (exact) mass is 354 g/mol. The summed E-state index contributed by atoms with van der Waals surface area (Å²) in [5.41, 5.74) is 1.06. The van der Waals surface area contributed by atoms with Gasteiger partial charge in [0.2, 0.25) is 0 Å². The van der Waals surface area contributed by atoms with Crippen molar-refractivity contribution in [3.8, 4) is 0 Å². The van der Waals surface area contributed by atoms with Gasteiger partial charge in [0.05, 0.1) is 6.04 Å². The Bertz CT molecular complexity index is 609. The van der Waals surface area contributed by atoms with Gasteiger partial charge >= 0.3 is 12.0 Å². The second-order valence-corrected chi connectivity index (χ2v) is 6.83. The van der Waals surface area contributed by atoms with Crippen LogP contribution in [0.15, 0.2) is 36.5 Å². The molecule has 0 spiro atoms. The van der Waals surface area contributed by atoms with Crippen LogP contribution in [-0.2, 0) is 9.53 Å². The van der Waals surface area contributed by atoms with E-state index in [1.165, 1.54) is 0 Å². The number of rotatable bonds is 6. The van der Waals surface area contributed by atoms with Crippen LogP contribution in [0, 0.1) is 5.92 Å². The SMILES string of the molecule is C=C1NC(=O)N[C@H](c2cccc(Cl)c2)[C@@H]1C(=O)OCCSCC. The molecule has 1 aromatic rings. The van der Waals surface area contributed by atoms with Crippen LogP contribution in [0.25, 0.3) is 0 Å². The number of hydrogen-bond acceptors (Lipinski definition) is 4. The highest BCUT2D eigenvalue weighted by molar-refractivity contribution is 7.99. The molecule has 1 heterocycles. The first kappa shape index (κ1) is 17.7. The Morgan fingerprint density at radius 2 is 2.26 bits per heavy atom. The first-order chi connectivity index (χ1) is 11.0. The Kier molecular flexibility index (Phi) is 6.36. The van der Waals surface area contributed by atoms with Gasteiger partial charge in [0, 0.05) is 16.5 Å². The summed E-state index contributed by atoms with van der Waals surface area (Å²) in [5.74, 6) is 0.599. The zero-order valence-corrected chi connectivity index (χ0v) is 14.4. The van der Waals surface area contributed by atoms with E-state index in [0.29, 0.717) is 17.3 Å². The average Bonchev–Trinajstić information content (AvgIpc) is 2.50. The molecule has 0 aromatic heterocycles. The number of ether oxygens (including phenoxy) is 1. The van der Waals surface area contributed by atoms with Gasteiger partial charge in [0.1, 0.15) is 12.5 Å². The fraction of sp³-hybridized carbons (Fsp3) is 0.375. The van der Waals surface area contributed by atoms with Crippen molar-refractivity contribution in [2.45, 2.75) is 13.0 Å². The van der Waals surface area contributed by atoms with Gasteiger partial charge in [-0.2, -0.15) is 11.8 Å². The molecule has 5 nitrogen and oxygen atoms in total. The quantitative estimate of drug-likeness (QED) is 0.608. The van der Waals surface area contributed by atoms with Crippen molar-refractivity contribution >= 4 is 35.4 Å². The minimum Gasteiger partial charge on any atom is -0.464 e. The van der Waals surface area contributed by atoms with E-state index in [1.54, 1.807) is 30.0 Å². The summed E-state index contributed by atoms with van der Waals surface area (Å²) in [6.45, 7) is 6.18. The van der Waals surface area contributed by atoms with E-state index in [-0.39, 0.29) is 0 Å². The molecule has 1 fully saturated rings. The Morgan fingerprint density at radius 1 is 1.48 bits per heavy atom. The average molecular weight is 355 g/mol. The molecule has 0 aliphatic carbocycles. The summed E-state index contributed by atoms with van der Waals surface area (Å²) in [6.07, 6.45) is 0. The van der Waals surface area contributed by atoms with E-state index in [0.717, 1.165) is 17.1 Å². The third-order valence-electron chi connectivity index (χ3n) is 3.41. The van der Waals surface area contributed by atoms with Crippen LogP contribution in [0.4, 0.5) is 4.79 Å². The molecular formula is C16H19ClN2O3S. The third-order valence-corrected chi connectivity index (χ3v) is 4.51. The molecule has 2 N–H and O–H groups in total. The van der Waals surface area contributed by atoms with Crippen molar-refractivity contribution in [2.24, 2.45) is 5.92 Å². The molecule has 124 valence electrons. The maximum absolute atomic E-state index is 12.4. The lowest BCUT2D eigenvalue weighted by molar-refractivity contribution is -0.147. The summed E-state index contributed by atoms with van der Waals surface area (Å²) in [4.78, 5) is 24.2. The molecule has 0 bridgehead atoms. The van der Waals surface area contributed by atoms with Gasteiger partial charge in [-0.15, -0.1) is 0 Å². The highest BCUT2D eigenvalue weighted by atomic mass is 35.5. The van der Waals surface area contributed by atoms with Crippen LogP contribution in [-0.4, -0.2) is 30.1 Å². The van der Waals surface area contributed by atoms with Crippen LogP contribution >= 0.6 is 23.4 Å². The number of hydrogen-bond donors (Lipinski definition) is 2. The molecule has 2 amide bonds. The smallest absolute Gasteiger partial charge is 0.319 e. The summed E-state index contributed by atoms with van der Waals surface area (Å²) in [7, 11) is 0. The Balaban J connectivity index is 2.16. The molecule has 7 heteroatoms. The molecule has 1 aromatic carbocycles. The molecule has 0 unspecified atom stereocenters. The molecule has 23 heavy (non-hydrogen) atoms. The van der Waals surface area contributed by atoms with Gasteiger partial charge in [0.25, 0.3) is 0 Å². The Labute approximate surface area is 144 Å². The number of halogens is 1. The standard InChI is InChI=1S/C16H19ClN2O3S/c1-3-23-8-7-22-15(20)13-10(2)18-16(21)19-14(13)11-5-4-6-12(17)9-11/h4-6,9,13-14H,2-3,7-8H2,1H3,(H2,18,19,21)/t13-,14-/m1/s1. The van der Waals surface area contributed by atoms with Crippen molar-refractivity contribution < 1.29 is 14.3 Å². The zero-order chi connectivity index (χ0) is 16.8. The van der Waals surface area contributed by atoms with Gasteiger partial charge in [-0.25, -0.2) is 4.79 Å². The van der Waals surface area contributed by atoms with E-state index in [1.807, 2.05) is 13.0 Å². The lowest BCUT2D eigenvalue weighted by atomic mass is 9.89. The molecule has 2 atom stereocenters. The van der Waals surface area contributed by atoms with E-state index in [4.69, 9.17) is 16.3 Å². The number of amides is 2.